The Hall–Kier alpha value is -1.59. The van der Waals surface area contributed by atoms with Crippen LogP contribution in [0.25, 0.3) is 0 Å². The minimum Gasteiger partial charge on any atom is -0.480 e. The van der Waals surface area contributed by atoms with E-state index in [9.17, 15) is 14.4 Å². The van der Waals surface area contributed by atoms with Gasteiger partial charge in [0.25, 0.3) is 0 Å². The predicted molar refractivity (Wildman–Crippen MR) is 76.1 cm³/mol. The molecule has 0 heterocycles. The number of aliphatic carboxylic acids is 1. The van der Waals surface area contributed by atoms with Gasteiger partial charge in [0, 0.05) is 5.92 Å². The van der Waals surface area contributed by atoms with Gasteiger partial charge in [0.2, 0.25) is 11.8 Å². The molecule has 0 aliphatic rings. The van der Waals surface area contributed by atoms with Crippen molar-refractivity contribution in [3.8, 4) is 0 Å². The summed E-state index contributed by atoms with van der Waals surface area (Å²) in [5, 5.41) is 13.7. The van der Waals surface area contributed by atoms with Gasteiger partial charge in [-0.15, -0.1) is 0 Å². The molecule has 6 nitrogen and oxygen atoms in total. The third kappa shape index (κ3) is 5.59. The molecule has 0 saturated carbocycles. The molecule has 0 aromatic carbocycles. The second-order valence-electron chi connectivity index (χ2n) is 6.13. The number of carbonyl (C=O) groups excluding carboxylic acids is 2. The monoisotopic (exact) mass is 286 g/mol. The van der Waals surface area contributed by atoms with Gasteiger partial charge in [-0.05, 0) is 25.7 Å². The number of carboxylic acid groups (broad SMARTS) is 1. The lowest BCUT2D eigenvalue weighted by molar-refractivity contribution is -0.141. The fourth-order valence-electron chi connectivity index (χ4n) is 1.97. The summed E-state index contributed by atoms with van der Waals surface area (Å²) >= 11 is 0. The Kier molecular flexibility index (Phi) is 6.68. The van der Waals surface area contributed by atoms with Crippen LogP contribution in [0.15, 0.2) is 0 Å². The highest BCUT2D eigenvalue weighted by molar-refractivity contribution is 5.90. The van der Waals surface area contributed by atoms with Gasteiger partial charge in [0.15, 0.2) is 0 Å². The largest absolute Gasteiger partial charge is 0.480 e. The molecule has 3 unspecified atom stereocenters. The molecule has 0 saturated heterocycles. The van der Waals surface area contributed by atoms with Crippen molar-refractivity contribution in [2.24, 2.45) is 11.3 Å². The maximum Gasteiger partial charge on any atom is 0.325 e. The molecule has 0 rings (SSSR count). The molecule has 116 valence electrons. The normalized spacial score (nSPS) is 15.9. The van der Waals surface area contributed by atoms with E-state index in [0.717, 1.165) is 0 Å². The average Bonchev–Trinajstić information content (AvgIpc) is 2.27. The first-order valence-electron chi connectivity index (χ1n) is 6.84. The number of nitrogens with one attached hydrogen (secondary N) is 2. The predicted octanol–water partition coefficient (Wildman–Crippen LogP) is 1.15. The van der Waals surface area contributed by atoms with Gasteiger partial charge in [-0.25, -0.2) is 0 Å². The summed E-state index contributed by atoms with van der Waals surface area (Å²) in [4.78, 5) is 34.6. The summed E-state index contributed by atoms with van der Waals surface area (Å²) in [5.41, 5.74) is -0.191. The Morgan fingerprint density at radius 1 is 1.00 bits per heavy atom. The van der Waals surface area contributed by atoms with Crippen molar-refractivity contribution >= 4 is 17.8 Å². The minimum absolute atomic E-state index is 0.189. The molecular weight excluding hydrogens is 260 g/mol. The van der Waals surface area contributed by atoms with Crippen molar-refractivity contribution in [1.29, 1.82) is 0 Å². The van der Waals surface area contributed by atoms with E-state index in [-0.39, 0.29) is 17.2 Å². The third-order valence-electron chi connectivity index (χ3n) is 3.25. The molecule has 6 heteroatoms. The maximum absolute atomic E-state index is 12.1. The molecule has 0 fully saturated rings. The first-order valence-corrected chi connectivity index (χ1v) is 6.84. The fraction of sp³-hybridized carbons (Fsp3) is 0.786. The molecule has 0 aromatic heterocycles. The topological polar surface area (TPSA) is 95.5 Å². The van der Waals surface area contributed by atoms with Crippen molar-refractivity contribution in [2.75, 3.05) is 0 Å². The van der Waals surface area contributed by atoms with E-state index in [1.807, 2.05) is 27.7 Å². The molecule has 20 heavy (non-hydrogen) atoms. The smallest absolute Gasteiger partial charge is 0.325 e. The van der Waals surface area contributed by atoms with Crippen LogP contribution in [0.3, 0.4) is 0 Å². The van der Waals surface area contributed by atoms with Crippen molar-refractivity contribution in [2.45, 2.75) is 60.0 Å². The molecule has 3 N–H and O–H groups in total. The maximum atomic E-state index is 12.1. The number of carbonyl (C=O) groups is 3. The minimum atomic E-state index is -1.11. The van der Waals surface area contributed by atoms with E-state index in [1.54, 1.807) is 0 Å². The van der Waals surface area contributed by atoms with Crippen LogP contribution in [0, 0.1) is 11.3 Å². The summed E-state index contributed by atoms with van der Waals surface area (Å²) in [6.45, 7) is 10.7. The SMILES string of the molecule is CCC(C(=O)NC(C)C(=O)NC(C)C(=O)O)C(C)(C)C. The van der Waals surface area contributed by atoms with Crippen LogP contribution < -0.4 is 10.6 Å². The molecule has 0 aromatic rings. The van der Waals surface area contributed by atoms with Gasteiger partial charge in [0.1, 0.15) is 12.1 Å². The van der Waals surface area contributed by atoms with Crippen molar-refractivity contribution < 1.29 is 19.5 Å². The summed E-state index contributed by atoms with van der Waals surface area (Å²) in [6, 6.07) is -1.74. The quantitative estimate of drug-likeness (QED) is 0.682. The zero-order valence-corrected chi connectivity index (χ0v) is 13.1. The molecule has 2 amide bonds. The standard InChI is InChI=1S/C14H26N2O4/c1-7-10(14(4,5)6)12(18)15-8(2)11(17)16-9(3)13(19)20/h8-10H,7H2,1-6H3,(H,15,18)(H,16,17)(H,19,20). The van der Waals surface area contributed by atoms with Crippen LogP contribution in [0.4, 0.5) is 0 Å². The van der Waals surface area contributed by atoms with Crippen molar-refractivity contribution in [3.05, 3.63) is 0 Å². The van der Waals surface area contributed by atoms with E-state index in [4.69, 9.17) is 5.11 Å². The Labute approximate surface area is 120 Å². The zero-order valence-electron chi connectivity index (χ0n) is 13.1. The molecule has 0 aliphatic carbocycles. The lowest BCUT2D eigenvalue weighted by atomic mass is 9.78. The summed E-state index contributed by atoms with van der Waals surface area (Å²) in [7, 11) is 0. The summed E-state index contributed by atoms with van der Waals surface area (Å²) in [5.74, 6) is -2.00. The van der Waals surface area contributed by atoms with Crippen LogP contribution in [-0.2, 0) is 14.4 Å². The van der Waals surface area contributed by atoms with Gasteiger partial charge < -0.3 is 15.7 Å². The van der Waals surface area contributed by atoms with Crippen molar-refractivity contribution in [3.63, 3.8) is 0 Å². The Balaban J connectivity index is 4.59. The first kappa shape index (κ1) is 18.4. The highest BCUT2D eigenvalue weighted by Crippen LogP contribution is 2.28. The molecular formula is C14H26N2O4. The third-order valence-corrected chi connectivity index (χ3v) is 3.25. The summed E-state index contributed by atoms with van der Waals surface area (Å²) in [6.07, 6.45) is 0.676. The molecule has 3 atom stereocenters. The summed E-state index contributed by atoms with van der Waals surface area (Å²) < 4.78 is 0. The number of hydrogen-bond donors (Lipinski definition) is 3. The van der Waals surface area contributed by atoms with Crippen molar-refractivity contribution in [1.82, 2.24) is 10.6 Å². The van der Waals surface area contributed by atoms with Crippen LogP contribution in [0.1, 0.15) is 48.0 Å². The number of amides is 2. The van der Waals surface area contributed by atoms with E-state index in [0.29, 0.717) is 6.42 Å². The van der Waals surface area contributed by atoms with Gasteiger partial charge in [-0.3, -0.25) is 14.4 Å². The molecule has 0 aliphatic heterocycles. The lowest BCUT2D eigenvalue weighted by Crippen LogP contribution is -2.51. The Morgan fingerprint density at radius 3 is 1.80 bits per heavy atom. The number of hydrogen-bond acceptors (Lipinski definition) is 3. The van der Waals surface area contributed by atoms with Crippen LogP contribution in [-0.4, -0.2) is 35.0 Å². The highest BCUT2D eigenvalue weighted by Gasteiger charge is 2.31. The lowest BCUT2D eigenvalue weighted by Gasteiger charge is -2.29. The Morgan fingerprint density at radius 2 is 1.45 bits per heavy atom. The van der Waals surface area contributed by atoms with Crippen LogP contribution >= 0.6 is 0 Å². The second-order valence-corrected chi connectivity index (χ2v) is 6.13. The van der Waals surface area contributed by atoms with Crippen LogP contribution in [0.2, 0.25) is 0 Å². The average molecular weight is 286 g/mol. The van der Waals surface area contributed by atoms with E-state index in [1.165, 1.54) is 13.8 Å². The van der Waals surface area contributed by atoms with Gasteiger partial charge in [0.05, 0.1) is 0 Å². The zero-order chi connectivity index (χ0) is 16.1. The first-order chi connectivity index (χ1) is 9.00. The van der Waals surface area contributed by atoms with E-state index >= 15 is 0 Å². The van der Waals surface area contributed by atoms with Gasteiger partial charge in [-0.1, -0.05) is 27.7 Å². The molecule has 0 bridgehead atoms. The highest BCUT2D eigenvalue weighted by atomic mass is 16.4. The number of carboxylic acids is 1. The fourth-order valence-corrected chi connectivity index (χ4v) is 1.97. The van der Waals surface area contributed by atoms with E-state index in [2.05, 4.69) is 10.6 Å². The van der Waals surface area contributed by atoms with Gasteiger partial charge in [-0.2, -0.15) is 0 Å². The van der Waals surface area contributed by atoms with Crippen LogP contribution in [0.5, 0.6) is 0 Å². The molecule has 0 radical (unpaired) electrons. The van der Waals surface area contributed by atoms with E-state index < -0.39 is 24.0 Å². The Bertz CT molecular complexity index is 374. The van der Waals surface area contributed by atoms with Gasteiger partial charge >= 0.3 is 5.97 Å². The second kappa shape index (κ2) is 7.26. The molecule has 0 spiro atoms. The number of rotatable bonds is 6.